The molecular formula is C28H27FN6O3S2. The lowest BCUT2D eigenvalue weighted by atomic mass is 10.1. The van der Waals surface area contributed by atoms with Crippen LogP contribution in [0.5, 0.6) is 5.75 Å². The Kier molecular flexibility index (Phi) is 6.77. The van der Waals surface area contributed by atoms with Crippen molar-refractivity contribution in [1.29, 1.82) is 0 Å². The number of rotatable bonds is 7. The molecule has 5 aromatic rings. The minimum atomic E-state index is -0.384. The largest absolute Gasteiger partial charge is 0.495 e. The standard InChI is InChI=1S/C28H27FN6O3S2/c1-5-20(36)34-7-6-15(12-34)35-24-18(28-32-10-16(39-28)13-37-3)11-31-27(30)21(24)23(33-35)26-22(29)17-8-14(2)9-19(38-4)25(17)40-26/h5,8-11,15H,1,6-7,12-13H2,2-4H3,(H2,30,31). The Labute approximate surface area is 237 Å². The van der Waals surface area contributed by atoms with E-state index in [2.05, 4.69) is 16.5 Å². The number of fused-ring (bicyclic) bond motifs is 2. The van der Waals surface area contributed by atoms with Gasteiger partial charge in [-0.25, -0.2) is 14.4 Å². The van der Waals surface area contributed by atoms with Crippen LogP contribution >= 0.6 is 22.7 Å². The van der Waals surface area contributed by atoms with Gasteiger partial charge in [0.05, 0.1) is 50.7 Å². The third kappa shape index (κ3) is 4.23. The zero-order valence-electron chi connectivity index (χ0n) is 22.2. The van der Waals surface area contributed by atoms with Gasteiger partial charge in [-0.3, -0.25) is 9.48 Å². The summed E-state index contributed by atoms with van der Waals surface area (Å²) in [5, 5.41) is 6.74. The van der Waals surface area contributed by atoms with Crippen LogP contribution in [0.25, 0.3) is 42.1 Å². The number of amides is 1. The summed E-state index contributed by atoms with van der Waals surface area (Å²) in [5.74, 6) is 0.321. The summed E-state index contributed by atoms with van der Waals surface area (Å²) in [6.45, 7) is 6.96. The molecule has 12 heteroatoms. The maximum absolute atomic E-state index is 16.1. The Morgan fingerprint density at radius 3 is 2.85 bits per heavy atom. The number of aryl methyl sites for hydroxylation is 1. The molecule has 0 radical (unpaired) electrons. The molecule has 0 saturated carbocycles. The van der Waals surface area contributed by atoms with E-state index in [1.807, 2.05) is 23.7 Å². The molecule has 5 heterocycles. The van der Waals surface area contributed by atoms with E-state index in [9.17, 15) is 4.79 Å². The quantitative estimate of drug-likeness (QED) is 0.251. The summed E-state index contributed by atoms with van der Waals surface area (Å²) >= 11 is 2.76. The van der Waals surface area contributed by atoms with E-state index in [0.29, 0.717) is 63.4 Å². The zero-order valence-corrected chi connectivity index (χ0v) is 23.9. The number of likely N-dealkylation sites (tertiary alicyclic amines) is 1. The van der Waals surface area contributed by atoms with Crippen molar-refractivity contribution in [3.8, 4) is 26.9 Å². The van der Waals surface area contributed by atoms with E-state index < -0.39 is 0 Å². The summed E-state index contributed by atoms with van der Waals surface area (Å²) in [7, 11) is 3.21. The number of anilines is 1. The Bertz CT molecular complexity index is 1790. The third-order valence-corrected chi connectivity index (χ3v) is 9.30. The number of hydrogen-bond acceptors (Lipinski definition) is 9. The molecule has 2 N–H and O–H groups in total. The Morgan fingerprint density at radius 2 is 2.10 bits per heavy atom. The second-order valence-corrected chi connectivity index (χ2v) is 11.8. The van der Waals surface area contributed by atoms with Crippen molar-refractivity contribution < 1.29 is 18.7 Å². The number of thiazole rings is 1. The number of carbonyl (C=O) groups is 1. The molecule has 4 aromatic heterocycles. The fourth-order valence-corrected chi connectivity index (χ4v) is 7.31. The maximum Gasteiger partial charge on any atom is 0.246 e. The topological polar surface area (TPSA) is 108 Å². The summed E-state index contributed by atoms with van der Waals surface area (Å²) in [6.07, 6.45) is 5.45. The van der Waals surface area contributed by atoms with E-state index in [1.165, 1.54) is 28.7 Å². The van der Waals surface area contributed by atoms with Crippen LogP contribution in [0.1, 0.15) is 22.9 Å². The first kappa shape index (κ1) is 26.4. The number of halogens is 1. The number of ether oxygens (including phenoxy) is 2. The van der Waals surface area contributed by atoms with E-state index in [4.69, 9.17) is 20.3 Å². The second kappa shape index (κ2) is 10.3. The van der Waals surface area contributed by atoms with E-state index in [0.717, 1.165) is 21.0 Å². The highest BCUT2D eigenvalue weighted by molar-refractivity contribution is 7.22. The number of nitrogens with zero attached hydrogens (tertiary/aromatic N) is 5. The van der Waals surface area contributed by atoms with Gasteiger partial charge in [0.1, 0.15) is 22.3 Å². The lowest BCUT2D eigenvalue weighted by Gasteiger charge is -2.16. The minimum absolute atomic E-state index is 0.136. The monoisotopic (exact) mass is 578 g/mol. The van der Waals surface area contributed by atoms with Crippen molar-refractivity contribution in [3.05, 3.63) is 53.4 Å². The van der Waals surface area contributed by atoms with E-state index >= 15 is 4.39 Å². The second-order valence-electron chi connectivity index (χ2n) is 9.66. The Hall–Kier alpha value is -3.87. The first-order valence-corrected chi connectivity index (χ1v) is 14.3. The van der Waals surface area contributed by atoms with Crippen LogP contribution in [0.4, 0.5) is 10.2 Å². The van der Waals surface area contributed by atoms with Gasteiger partial charge in [0.2, 0.25) is 5.91 Å². The van der Waals surface area contributed by atoms with Gasteiger partial charge in [0.15, 0.2) is 5.82 Å². The molecular weight excluding hydrogens is 551 g/mol. The van der Waals surface area contributed by atoms with E-state index in [1.54, 1.807) is 31.5 Å². The summed E-state index contributed by atoms with van der Waals surface area (Å²) in [6, 6.07) is 3.53. The predicted molar refractivity (Wildman–Crippen MR) is 156 cm³/mol. The molecule has 1 atom stereocenters. The minimum Gasteiger partial charge on any atom is -0.495 e. The molecule has 1 aliphatic heterocycles. The molecule has 0 spiro atoms. The van der Waals surface area contributed by atoms with Crippen molar-refractivity contribution in [2.75, 3.05) is 33.0 Å². The Balaban J connectivity index is 1.62. The van der Waals surface area contributed by atoms with Crippen LogP contribution in [0.15, 0.2) is 37.2 Å². The van der Waals surface area contributed by atoms with Crippen molar-refractivity contribution in [3.63, 3.8) is 0 Å². The van der Waals surface area contributed by atoms with Gasteiger partial charge in [-0.05, 0) is 37.1 Å². The van der Waals surface area contributed by atoms with Crippen LogP contribution in [0.2, 0.25) is 0 Å². The number of carbonyl (C=O) groups excluding carboxylic acids is 1. The molecule has 1 aromatic carbocycles. The van der Waals surface area contributed by atoms with Gasteiger partial charge >= 0.3 is 0 Å². The van der Waals surface area contributed by atoms with Gasteiger partial charge in [-0.2, -0.15) is 5.10 Å². The average Bonchev–Trinajstić information content (AvgIpc) is 3.74. The Morgan fingerprint density at radius 1 is 1.27 bits per heavy atom. The van der Waals surface area contributed by atoms with Crippen molar-refractivity contribution in [1.82, 2.24) is 24.6 Å². The van der Waals surface area contributed by atoms with Crippen LogP contribution in [-0.2, 0) is 16.1 Å². The maximum atomic E-state index is 16.1. The van der Waals surface area contributed by atoms with Gasteiger partial charge in [-0.15, -0.1) is 22.7 Å². The molecule has 206 valence electrons. The number of thiophene rings is 1. The highest BCUT2D eigenvalue weighted by atomic mass is 32.1. The van der Waals surface area contributed by atoms with Crippen LogP contribution in [-0.4, -0.2) is 57.9 Å². The van der Waals surface area contributed by atoms with Crippen LogP contribution < -0.4 is 10.5 Å². The number of pyridine rings is 1. The van der Waals surface area contributed by atoms with Crippen molar-refractivity contribution in [2.24, 2.45) is 0 Å². The lowest BCUT2D eigenvalue weighted by Crippen LogP contribution is -2.27. The average molecular weight is 579 g/mol. The molecule has 0 aliphatic carbocycles. The number of hydrogen-bond donors (Lipinski definition) is 1. The SMILES string of the molecule is C=CC(=O)N1CCC(n2nc(-c3sc4c(OC)cc(C)cc4c3F)c3c(N)ncc(-c4ncc(COC)s4)c32)C1. The molecule has 9 nitrogen and oxygen atoms in total. The predicted octanol–water partition coefficient (Wildman–Crippen LogP) is 5.58. The molecule has 1 fully saturated rings. The van der Waals surface area contributed by atoms with Gasteiger partial charge in [0.25, 0.3) is 0 Å². The number of methoxy groups -OCH3 is 2. The number of nitrogen functional groups attached to an aromatic ring is 1. The van der Waals surface area contributed by atoms with Crippen molar-refractivity contribution >= 4 is 55.4 Å². The van der Waals surface area contributed by atoms with Gasteiger partial charge in [-0.1, -0.05) is 6.58 Å². The number of benzene rings is 1. The molecule has 1 saturated heterocycles. The number of aromatic nitrogens is 4. The molecule has 1 unspecified atom stereocenters. The van der Waals surface area contributed by atoms with Gasteiger partial charge < -0.3 is 20.1 Å². The smallest absolute Gasteiger partial charge is 0.246 e. The summed E-state index contributed by atoms with van der Waals surface area (Å²) < 4.78 is 29.6. The first-order valence-electron chi connectivity index (χ1n) is 12.6. The van der Waals surface area contributed by atoms with Crippen LogP contribution in [0, 0.1) is 12.7 Å². The normalized spacial score (nSPS) is 15.4. The highest BCUT2D eigenvalue weighted by Gasteiger charge is 2.32. The molecule has 1 amide bonds. The highest BCUT2D eigenvalue weighted by Crippen LogP contribution is 2.47. The molecule has 0 bridgehead atoms. The summed E-state index contributed by atoms with van der Waals surface area (Å²) in [5.41, 5.74) is 9.24. The van der Waals surface area contributed by atoms with E-state index in [-0.39, 0.29) is 23.6 Å². The van der Waals surface area contributed by atoms with Crippen molar-refractivity contribution in [2.45, 2.75) is 26.0 Å². The number of nitrogens with two attached hydrogens (primary N) is 1. The fourth-order valence-electron chi connectivity index (χ4n) is 5.27. The molecule has 6 rings (SSSR count). The third-order valence-electron chi connectivity index (χ3n) is 7.09. The molecule has 40 heavy (non-hydrogen) atoms. The molecule has 1 aliphatic rings. The first-order chi connectivity index (χ1) is 19.3. The summed E-state index contributed by atoms with van der Waals surface area (Å²) in [4.78, 5) is 24.6. The van der Waals surface area contributed by atoms with Crippen LogP contribution in [0.3, 0.4) is 0 Å². The van der Waals surface area contributed by atoms with Gasteiger partial charge in [0, 0.05) is 38.0 Å². The zero-order chi connectivity index (χ0) is 28.1. The lowest BCUT2D eigenvalue weighted by molar-refractivity contribution is -0.125. The fraction of sp³-hybridized carbons (Fsp3) is 0.286.